The maximum atomic E-state index is 13.6. The summed E-state index contributed by atoms with van der Waals surface area (Å²) in [6.07, 6.45) is -0.407. The predicted octanol–water partition coefficient (Wildman–Crippen LogP) is 1.39. The van der Waals surface area contributed by atoms with Crippen LogP contribution < -0.4 is 15.4 Å². The molecule has 0 radical (unpaired) electrons. The summed E-state index contributed by atoms with van der Waals surface area (Å²) >= 11 is 0. The van der Waals surface area contributed by atoms with Crippen molar-refractivity contribution in [1.82, 2.24) is 20.4 Å². The van der Waals surface area contributed by atoms with E-state index in [0.717, 1.165) is 5.56 Å². The summed E-state index contributed by atoms with van der Waals surface area (Å²) in [5.41, 5.74) is 1.13. The molecular weight excluding hydrogens is 500 g/mol. The quantitative estimate of drug-likeness (QED) is 0.613. The smallest absolute Gasteiger partial charge is 0.255 e. The van der Waals surface area contributed by atoms with Gasteiger partial charge >= 0.3 is 0 Å². The van der Waals surface area contributed by atoms with E-state index in [1.54, 1.807) is 36.2 Å². The minimum absolute atomic E-state index is 0.143. The number of hydrogen-bond acceptors (Lipinski definition) is 6. The molecule has 0 spiro atoms. The average molecular weight is 537 g/mol. The lowest BCUT2D eigenvalue weighted by Crippen LogP contribution is -2.57. The standard InChI is InChI=1S/C29H36N4O6/c1-19-17-33(18-20(2)39-19)29(37)24-16-26(34)30-23(15-21-9-5-4-6-10-21)28(36)32(3)13-14-38-25-12-8-7-11-22(25)27(35)31-24/h4-12,19-20,23-24H,13-18H2,1-3H3,(H,30,34)(H,31,35)/t19-,20+,23-,24-/m0/s1. The Morgan fingerprint density at radius 3 is 2.33 bits per heavy atom. The number of nitrogens with one attached hydrogen (secondary N) is 2. The molecule has 4 rings (SSSR count). The van der Waals surface area contributed by atoms with Gasteiger partial charge < -0.3 is 29.9 Å². The number of morpholine rings is 1. The second-order valence-electron chi connectivity index (χ2n) is 10.1. The Kier molecular flexibility index (Phi) is 9.19. The van der Waals surface area contributed by atoms with Crippen LogP contribution in [0, 0.1) is 0 Å². The number of hydrogen-bond donors (Lipinski definition) is 2. The Balaban J connectivity index is 1.64. The number of carbonyl (C=O) groups is 4. The number of rotatable bonds is 3. The van der Waals surface area contributed by atoms with E-state index in [-0.39, 0.29) is 55.6 Å². The van der Waals surface area contributed by atoms with Crippen molar-refractivity contribution in [2.24, 2.45) is 0 Å². The highest BCUT2D eigenvalue weighted by Gasteiger charge is 2.34. The zero-order chi connectivity index (χ0) is 27.9. The lowest BCUT2D eigenvalue weighted by molar-refractivity contribution is -0.146. The lowest BCUT2D eigenvalue weighted by atomic mass is 10.0. The van der Waals surface area contributed by atoms with Crippen LogP contribution in [0.25, 0.3) is 0 Å². The second kappa shape index (κ2) is 12.8. The zero-order valence-corrected chi connectivity index (χ0v) is 22.6. The van der Waals surface area contributed by atoms with Crippen molar-refractivity contribution in [1.29, 1.82) is 0 Å². The van der Waals surface area contributed by atoms with E-state index in [2.05, 4.69) is 10.6 Å². The highest BCUT2D eigenvalue weighted by Crippen LogP contribution is 2.20. The maximum Gasteiger partial charge on any atom is 0.255 e. The molecule has 39 heavy (non-hydrogen) atoms. The number of carbonyl (C=O) groups excluding carboxylic acids is 4. The fourth-order valence-corrected chi connectivity index (χ4v) is 4.95. The van der Waals surface area contributed by atoms with Crippen LogP contribution in [0.3, 0.4) is 0 Å². The van der Waals surface area contributed by atoms with Crippen LogP contribution in [-0.2, 0) is 25.5 Å². The monoisotopic (exact) mass is 536 g/mol. The molecule has 0 aromatic heterocycles. The molecule has 208 valence electrons. The molecule has 0 unspecified atom stereocenters. The van der Waals surface area contributed by atoms with Crippen molar-refractivity contribution in [3.8, 4) is 5.75 Å². The summed E-state index contributed by atoms with van der Waals surface area (Å²) in [7, 11) is 1.65. The lowest BCUT2D eigenvalue weighted by Gasteiger charge is -2.37. The van der Waals surface area contributed by atoms with Gasteiger partial charge in [-0.2, -0.15) is 0 Å². The minimum Gasteiger partial charge on any atom is -0.491 e. The van der Waals surface area contributed by atoms with Gasteiger partial charge in [0.05, 0.1) is 30.7 Å². The van der Waals surface area contributed by atoms with Gasteiger partial charge in [0, 0.05) is 26.6 Å². The number of fused-ring (bicyclic) bond motifs is 1. The first-order valence-corrected chi connectivity index (χ1v) is 13.3. The number of ether oxygens (including phenoxy) is 2. The number of nitrogens with zero attached hydrogens (tertiary/aromatic N) is 2. The van der Waals surface area contributed by atoms with Gasteiger partial charge in [0.15, 0.2) is 0 Å². The fraction of sp³-hybridized carbons (Fsp3) is 0.448. The van der Waals surface area contributed by atoms with Crippen LogP contribution in [0.2, 0.25) is 0 Å². The van der Waals surface area contributed by atoms with Gasteiger partial charge in [-0.05, 0) is 31.5 Å². The largest absolute Gasteiger partial charge is 0.491 e. The van der Waals surface area contributed by atoms with Gasteiger partial charge in [0.1, 0.15) is 24.4 Å². The summed E-state index contributed by atoms with van der Waals surface area (Å²) in [5, 5.41) is 5.58. The molecule has 10 heteroatoms. The molecule has 1 fully saturated rings. The molecule has 2 aromatic carbocycles. The summed E-state index contributed by atoms with van der Waals surface area (Å²) in [6, 6.07) is 14.1. The van der Waals surface area contributed by atoms with Gasteiger partial charge in [0.25, 0.3) is 5.91 Å². The number of benzene rings is 2. The second-order valence-corrected chi connectivity index (χ2v) is 10.1. The molecule has 1 saturated heterocycles. The first kappa shape index (κ1) is 28.1. The maximum absolute atomic E-state index is 13.6. The van der Waals surface area contributed by atoms with Crippen molar-refractivity contribution in [2.75, 3.05) is 33.3 Å². The minimum atomic E-state index is -1.14. The van der Waals surface area contributed by atoms with Crippen molar-refractivity contribution in [2.45, 2.75) is 51.0 Å². The summed E-state index contributed by atoms with van der Waals surface area (Å²) in [4.78, 5) is 56.8. The molecule has 2 aliphatic rings. The Morgan fingerprint density at radius 2 is 1.62 bits per heavy atom. The molecule has 0 aliphatic carbocycles. The van der Waals surface area contributed by atoms with E-state index in [0.29, 0.717) is 18.8 Å². The third kappa shape index (κ3) is 7.35. The Morgan fingerprint density at radius 1 is 0.949 bits per heavy atom. The Bertz CT molecular complexity index is 1180. The molecule has 2 aliphatic heterocycles. The van der Waals surface area contributed by atoms with Crippen LogP contribution in [-0.4, -0.2) is 91.0 Å². The van der Waals surface area contributed by atoms with Crippen LogP contribution >= 0.6 is 0 Å². The van der Waals surface area contributed by atoms with E-state index in [4.69, 9.17) is 9.47 Å². The van der Waals surface area contributed by atoms with E-state index in [9.17, 15) is 19.2 Å². The van der Waals surface area contributed by atoms with E-state index >= 15 is 0 Å². The Hall–Kier alpha value is -3.92. The molecule has 4 amide bonds. The van der Waals surface area contributed by atoms with Crippen molar-refractivity contribution < 1.29 is 28.7 Å². The molecule has 10 nitrogen and oxygen atoms in total. The predicted molar refractivity (Wildman–Crippen MR) is 144 cm³/mol. The highest BCUT2D eigenvalue weighted by molar-refractivity contribution is 6.01. The van der Waals surface area contributed by atoms with E-state index in [1.165, 1.54) is 4.90 Å². The third-order valence-electron chi connectivity index (χ3n) is 6.83. The van der Waals surface area contributed by atoms with Crippen LogP contribution in [0.1, 0.15) is 36.2 Å². The first-order chi connectivity index (χ1) is 18.7. The molecule has 2 N–H and O–H groups in total. The molecule has 0 bridgehead atoms. The fourth-order valence-electron chi connectivity index (χ4n) is 4.95. The van der Waals surface area contributed by atoms with Crippen LogP contribution in [0.15, 0.2) is 54.6 Å². The van der Waals surface area contributed by atoms with E-state index < -0.39 is 23.9 Å². The average Bonchev–Trinajstić information content (AvgIpc) is 2.91. The van der Waals surface area contributed by atoms with Crippen molar-refractivity contribution in [3.05, 3.63) is 65.7 Å². The zero-order valence-electron chi connectivity index (χ0n) is 22.6. The van der Waals surface area contributed by atoms with Crippen molar-refractivity contribution >= 4 is 23.6 Å². The summed E-state index contributed by atoms with van der Waals surface area (Å²) in [5.74, 6) is -1.35. The number of para-hydroxylation sites is 1. The van der Waals surface area contributed by atoms with Gasteiger partial charge in [-0.1, -0.05) is 42.5 Å². The first-order valence-electron chi connectivity index (χ1n) is 13.3. The molecule has 2 aromatic rings. The van der Waals surface area contributed by atoms with E-state index in [1.807, 2.05) is 44.2 Å². The SMILES string of the molecule is C[C@@H]1CN(C(=O)[C@@H]2CC(=O)N[C@@H](Cc3ccccc3)C(=O)N(C)CCOc3ccccc3C(=O)N2)C[C@H](C)O1. The van der Waals surface area contributed by atoms with Gasteiger partial charge in [0.2, 0.25) is 17.7 Å². The van der Waals surface area contributed by atoms with Gasteiger partial charge in [-0.15, -0.1) is 0 Å². The summed E-state index contributed by atoms with van der Waals surface area (Å²) < 4.78 is 11.6. The van der Waals surface area contributed by atoms with Crippen molar-refractivity contribution in [3.63, 3.8) is 0 Å². The number of likely N-dealkylation sites (N-methyl/N-ethyl adjacent to an activating group) is 1. The number of amides is 4. The van der Waals surface area contributed by atoms with Gasteiger partial charge in [-0.3, -0.25) is 19.2 Å². The van der Waals surface area contributed by atoms with Crippen LogP contribution in [0.4, 0.5) is 0 Å². The highest BCUT2D eigenvalue weighted by atomic mass is 16.5. The molecule has 2 heterocycles. The van der Waals surface area contributed by atoms with Crippen LogP contribution in [0.5, 0.6) is 5.75 Å². The van der Waals surface area contributed by atoms with Gasteiger partial charge in [-0.25, -0.2) is 0 Å². The molecule has 0 saturated carbocycles. The topological polar surface area (TPSA) is 117 Å². The summed E-state index contributed by atoms with van der Waals surface area (Å²) in [6.45, 7) is 4.83. The molecular formula is C29H36N4O6. The molecule has 4 atom stereocenters. The third-order valence-corrected chi connectivity index (χ3v) is 6.83. The normalized spacial score (nSPS) is 25.1. The Labute approximate surface area is 228 Å².